The standard InChI is InChI=1S/C12H11N3O/c16-12-8-4-1-2-5-9(8)14-11-10(15-12)6-3-7-13-11/h1-5,7,10H,6H2,(H,13,14)(H,15,16). The minimum Gasteiger partial charge on any atom is -0.342 e. The molecule has 0 bridgehead atoms. The molecule has 1 amide bonds. The van der Waals surface area contributed by atoms with Crippen LogP contribution in [0.4, 0.5) is 5.69 Å². The average molecular weight is 213 g/mol. The number of aliphatic imine (C=N–C) groups is 1. The van der Waals surface area contributed by atoms with Gasteiger partial charge in [-0.3, -0.25) is 4.79 Å². The maximum absolute atomic E-state index is 11.9. The van der Waals surface area contributed by atoms with E-state index in [2.05, 4.69) is 15.6 Å². The van der Waals surface area contributed by atoms with Crippen molar-refractivity contribution >= 4 is 17.4 Å². The molecule has 0 saturated carbocycles. The van der Waals surface area contributed by atoms with Gasteiger partial charge in [0.15, 0.2) is 0 Å². The van der Waals surface area contributed by atoms with Crippen LogP contribution in [-0.2, 0) is 0 Å². The van der Waals surface area contributed by atoms with Crippen LogP contribution >= 0.6 is 0 Å². The molecule has 1 aromatic carbocycles. The van der Waals surface area contributed by atoms with Crippen molar-refractivity contribution in [1.29, 1.82) is 0 Å². The van der Waals surface area contributed by atoms with E-state index >= 15 is 0 Å². The summed E-state index contributed by atoms with van der Waals surface area (Å²) in [5.41, 5.74) is 1.48. The number of nitrogens with one attached hydrogen (secondary N) is 2. The first-order valence-electron chi connectivity index (χ1n) is 5.24. The van der Waals surface area contributed by atoms with Crippen LogP contribution in [0.25, 0.3) is 0 Å². The Hall–Kier alpha value is -2.10. The molecule has 0 spiro atoms. The van der Waals surface area contributed by atoms with Gasteiger partial charge >= 0.3 is 0 Å². The Balaban J connectivity index is 2.08. The van der Waals surface area contributed by atoms with Gasteiger partial charge in [0.1, 0.15) is 5.84 Å². The van der Waals surface area contributed by atoms with Gasteiger partial charge in [0.2, 0.25) is 0 Å². The summed E-state index contributed by atoms with van der Waals surface area (Å²) >= 11 is 0. The number of amidine groups is 1. The number of carbonyl (C=O) groups excluding carboxylic acids is 1. The van der Waals surface area contributed by atoms with E-state index in [9.17, 15) is 4.79 Å². The largest absolute Gasteiger partial charge is 0.342 e. The van der Waals surface area contributed by atoms with E-state index in [0.717, 1.165) is 17.9 Å². The molecule has 1 aromatic rings. The van der Waals surface area contributed by atoms with Gasteiger partial charge in [0, 0.05) is 6.20 Å². The van der Waals surface area contributed by atoms with Gasteiger partial charge in [0.05, 0.1) is 17.3 Å². The fourth-order valence-corrected chi connectivity index (χ4v) is 1.94. The number of carbonyl (C=O) groups is 1. The van der Waals surface area contributed by atoms with Crippen LogP contribution in [-0.4, -0.2) is 17.8 Å². The third kappa shape index (κ3) is 1.39. The van der Waals surface area contributed by atoms with Crippen molar-refractivity contribution < 1.29 is 4.79 Å². The molecule has 4 heteroatoms. The molecule has 16 heavy (non-hydrogen) atoms. The van der Waals surface area contributed by atoms with Gasteiger partial charge in [-0.25, -0.2) is 4.99 Å². The van der Waals surface area contributed by atoms with Crippen LogP contribution in [0.3, 0.4) is 0 Å². The van der Waals surface area contributed by atoms with Crippen molar-refractivity contribution in [1.82, 2.24) is 5.32 Å². The van der Waals surface area contributed by atoms with E-state index < -0.39 is 0 Å². The topological polar surface area (TPSA) is 53.5 Å². The van der Waals surface area contributed by atoms with Crippen molar-refractivity contribution in [3.05, 3.63) is 42.1 Å². The highest BCUT2D eigenvalue weighted by Crippen LogP contribution is 2.20. The normalized spacial score (nSPS) is 22.1. The highest BCUT2D eigenvalue weighted by molar-refractivity contribution is 6.12. The fraction of sp³-hybridized carbons (Fsp3) is 0.167. The van der Waals surface area contributed by atoms with Crippen LogP contribution in [0.15, 0.2) is 41.5 Å². The van der Waals surface area contributed by atoms with E-state index in [4.69, 9.17) is 0 Å². The third-order valence-electron chi connectivity index (χ3n) is 2.76. The van der Waals surface area contributed by atoms with Gasteiger partial charge < -0.3 is 10.6 Å². The van der Waals surface area contributed by atoms with E-state index in [1.807, 2.05) is 30.3 Å². The predicted molar refractivity (Wildman–Crippen MR) is 62.5 cm³/mol. The van der Waals surface area contributed by atoms with Crippen molar-refractivity contribution in [3.8, 4) is 0 Å². The number of nitrogens with zero attached hydrogens (tertiary/aromatic N) is 1. The quantitative estimate of drug-likeness (QED) is 0.686. The summed E-state index contributed by atoms with van der Waals surface area (Å²) in [5.74, 6) is 0.759. The molecule has 0 fully saturated rings. The number of hydrogen-bond donors (Lipinski definition) is 2. The van der Waals surface area contributed by atoms with Crippen LogP contribution < -0.4 is 10.6 Å². The highest BCUT2D eigenvalue weighted by Gasteiger charge is 2.25. The summed E-state index contributed by atoms with van der Waals surface area (Å²) in [7, 11) is 0. The summed E-state index contributed by atoms with van der Waals surface area (Å²) < 4.78 is 0. The zero-order chi connectivity index (χ0) is 11.0. The lowest BCUT2D eigenvalue weighted by Gasteiger charge is -2.18. The van der Waals surface area contributed by atoms with Gasteiger partial charge in [-0.15, -0.1) is 0 Å². The molecule has 0 saturated heterocycles. The minimum absolute atomic E-state index is 0.0371. The molecule has 2 heterocycles. The summed E-state index contributed by atoms with van der Waals surface area (Å²) in [4.78, 5) is 16.2. The van der Waals surface area contributed by atoms with E-state index in [0.29, 0.717) is 5.56 Å². The number of para-hydroxylation sites is 1. The molecule has 2 aliphatic heterocycles. The summed E-state index contributed by atoms with van der Waals surface area (Å²) in [6.45, 7) is 0. The molecule has 80 valence electrons. The van der Waals surface area contributed by atoms with Gasteiger partial charge in [-0.2, -0.15) is 0 Å². The Labute approximate surface area is 93.1 Å². The van der Waals surface area contributed by atoms with Crippen LogP contribution in [0, 0.1) is 0 Å². The van der Waals surface area contributed by atoms with Crippen LogP contribution in [0.5, 0.6) is 0 Å². The van der Waals surface area contributed by atoms with Crippen molar-refractivity contribution in [3.63, 3.8) is 0 Å². The molecule has 3 rings (SSSR count). The van der Waals surface area contributed by atoms with Crippen molar-refractivity contribution in [2.45, 2.75) is 12.5 Å². The number of hydrogen-bond acceptors (Lipinski definition) is 3. The van der Waals surface area contributed by atoms with Crippen molar-refractivity contribution in [2.24, 2.45) is 4.99 Å². The van der Waals surface area contributed by atoms with Gasteiger partial charge in [-0.1, -0.05) is 18.2 Å². The number of rotatable bonds is 0. The smallest absolute Gasteiger partial charge is 0.253 e. The number of anilines is 1. The second kappa shape index (κ2) is 3.48. The first kappa shape index (κ1) is 9.15. The molecule has 2 aliphatic rings. The first-order valence-corrected chi connectivity index (χ1v) is 5.24. The van der Waals surface area contributed by atoms with E-state index in [1.54, 1.807) is 6.20 Å². The lowest BCUT2D eigenvalue weighted by Crippen LogP contribution is -2.41. The average Bonchev–Trinajstić information content (AvgIpc) is 2.45. The van der Waals surface area contributed by atoms with Crippen molar-refractivity contribution in [2.75, 3.05) is 5.32 Å². The number of amides is 1. The second-order valence-electron chi connectivity index (χ2n) is 3.83. The lowest BCUT2D eigenvalue weighted by molar-refractivity contribution is 0.0949. The summed E-state index contributed by atoms with van der Waals surface area (Å²) in [5, 5.41) is 6.16. The Morgan fingerprint density at radius 3 is 3.12 bits per heavy atom. The molecule has 4 nitrogen and oxygen atoms in total. The Bertz CT molecular complexity index is 505. The van der Waals surface area contributed by atoms with Gasteiger partial charge in [-0.05, 0) is 18.6 Å². The lowest BCUT2D eigenvalue weighted by atomic mass is 10.1. The zero-order valence-corrected chi connectivity index (χ0v) is 8.60. The Morgan fingerprint density at radius 2 is 2.19 bits per heavy atom. The minimum atomic E-state index is -0.0476. The maximum Gasteiger partial charge on any atom is 0.253 e. The molecule has 1 unspecified atom stereocenters. The maximum atomic E-state index is 11.9. The monoisotopic (exact) mass is 213 g/mol. The Morgan fingerprint density at radius 1 is 1.31 bits per heavy atom. The summed E-state index contributed by atoms with van der Waals surface area (Å²) in [6.07, 6.45) is 4.50. The van der Waals surface area contributed by atoms with Gasteiger partial charge in [0.25, 0.3) is 5.91 Å². The molecule has 1 atom stereocenters. The Kier molecular flexibility index (Phi) is 1.99. The first-order chi connectivity index (χ1) is 7.84. The summed E-state index contributed by atoms with van der Waals surface area (Å²) in [6, 6.07) is 7.42. The van der Waals surface area contributed by atoms with Crippen LogP contribution in [0.2, 0.25) is 0 Å². The molecule has 0 aromatic heterocycles. The molecule has 2 N–H and O–H groups in total. The number of benzene rings is 1. The fourth-order valence-electron chi connectivity index (χ4n) is 1.94. The molecule has 0 radical (unpaired) electrons. The third-order valence-corrected chi connectivity index (χ3v) is 2.76. The van der Waals surface area contributed by atoms with Crippen LogP contribution in [0.1, 0.15) is 16.8 Å². The molecule has 0 aliphatic carbocycles. The van der Waals surface area contributed by atoms with E-state index in [1.165, 1.54) is 0 Å². The SMILES string of the molecule is O=C1NC2CC=CN=C2Nc2ccccc21. The molecular weight excluding hydrogens is 202 g/mol. The van der Waals surface area contributed by atoms with E-state index in [-0.39, 0.29) is 11.9 Å². The molecular formula is C12H11N3O. The number of fused-ring (bicyclic) bond motifs is 2. The zero-order valence-electron chi connectivity index (χ0n) is 8.60. The second-order valence-corrected chi connectivity index (χ2v) is 3.83. The highest BCUT2D eigenvalue weighted by atomic mass is 16.1. The predicted octanol–water partition coefficient (Wildman–Crippen LogP) is 1.53.